The van der Waals surface area contributed by atoms with Crippen LogP contribution in [0.2, 0.25) is 0 Å². The molecule has 1 amide bonds. The van der Waals surface area contributed by atoms with E-state index in [1.807, 2.05) is 0 Å². The van der Waals surface area contributed by atoms with E-state index >= 15 is 0 Å². The number of H-pyrrole nitrogens is 1. The lowest BCUT2D eigenvalue weighted by Crippen LogP contribution is -2.33. The quantitative estimate of drug-likeness (QED) is 0.390. The zero-order chi connectivity index (χ0) is 24.1. The van der Waals surface area contributed by atoms with E-state index in [-0.39, 0.29) is 41.8 Å². The van der Waals surface area contributed by atoms with Crippen LogP contribution < -0.4 is 5.32 Å². The minimum Gasteiger partial charge on any atom is -0.391 e. The highest BCUT2D eigenvalue weighted by molar-refractivity contribution is 6.07. The van der Waals surface area contributed by atoms with Crippen molar-refractivity contribution in [2.75, 3.05) is 11.9 Å². The number of benzene rings is 1. The fourth-order valence-electron chi connectivity index (χ4n) is 4.67. The van der Waals surface area contributed by atoms with Crippen molar-refractivity contribution in [1.29, 1.82) is 0 Å². The van der Waals surface area contributed by atoms with Crippen molar-refractivity contribution in [2.24, 2.45) is 0 Å². The van der Waals surface area contributed by atoms with Gasteiger partial charge in [0, 0.05) is 30.9 Å². The third-order valence-corrected chi connectivity index (χ3v) is 6.25. The molecule has 180 valence electrons. The Morgan fingerprint density at radius 1 is 1.12 bits per heavy atom. The van der Waals surface area contributed by atoms with Crippen molar-refractivity contribution in [3.63, 3.8) is 0 Å². The third kappa shape index (κ3) is 3.83. The third-order valence-electron chi connectivity index (χ3n) is 6.25. The predicted molar refractivity (Wildman–Crippen MR) is 109 cm³/mol. The van der Waals surface area contributed by atoms with Gasteiger partial charge in [-0.15, -0.1) is 0 Å². The van der Waals surface area contributed by atoms with Crippen LogP contribution in [0.25, 0.3) is 11.0 Å². The summed E-state index contributed by atoms with van der Waals surface area (Å²) in [6, 6.07) is -0.845. The smallest absolute Gasteiger partial charge is 0.273 e. The van der Waals surface area contributed by atoms with Gasteiger partial charge >= 0.3 is 0 Å². The lowest BCUT2D eigenvalue weighted by atomic mass is 10.0. The average molecular weight is 482 g/mol. The summed E-state index contributed by atoms with van der Waals surface area (Å²) in [5.74, 6) is -4.59. The Bertz CT molecular complexity index is 1260. The molecule has 0 bridgehead atoms. The Labute approximate surface area is 189 Å². The van der Waals surface area contributed by atoms with Crippen LogP contribution in [0.5, 0.6) is 0 Å². The van der Waals surface area contributed by atoms with E-state index in [1.54, 1.807) is 0 Å². The molecule has 1 aliphatic heterocycles. The van der Waals surface area contributed by atoms with Gasteiger partial charge in [-0.05, 0) is 6.07 Å². The minimum atomic E-state index is -1.56. The Morgan fingerprint density at radius 3 is 2.65 bits per heavy atom. The summed E-state index contributed by atoms with van der Waals surface area (Å²) in [5.41, 5.74) is -0.577. The number of nitrogens with one attached hydrogen (secondary N) is 2. The van der Waals surface area contributed by atoms with Crippen LogP contribution in [0.4, 0.5) is 27.8 Å². The summed E-state index contributed by atoms with van der Waals surface area (Å²) in [6.45, 7) is -0.442. The van der Waals surface area contributed by atoms with Gasteiger partial charge in [-0.1, -0.05) is 0 Å². The first kappa shape index (κ1) is 22.4. The van der Waals surface area contributed by atoms with E-state index in [2.05, 4.69) is 25.5 Å². The molecule has 0 unspecified atom stereocenters. The van der Waals surface area contributed by atoms with E-state index in [1.165, 1.54) is 0 Å². The largest absolute Gasteiger partial charge is 0.391 e. The Balaban J connectivity index is 1.52. The first-order valence-corrected chi connectivity index (χ1v) is 10.6. The summed E-state index contributed by atoms with van der Waals surface area (Å²) >= 11 is 0. The zero-order valence-electron chi connectivity index (χ0n) is 17.5. The maximum absolute atomic E-state index is 14.4. The van der Waals surface area contributed by atoms with Crippen molar-refractivity contribution in [2.45, 2.75) is 49.8 Å². The van der Waals surface area contributed by atoms with Crippen molar-refractivity contribution in [1.82, 2.24) is 25.1 Å². The number of fused-ring (bicyclic) bond motifs is 1. The zero-order valence-corrected chi connectivity index (χ0v) is 17.5. The Kier molecular flexibility index (Phi) is 5.58. The van der Waals surface area contributed by atoms with Crippen LogP contribution in [-0.4, -0.2) is 67.1 Å². The van der Waals surface area contributed by atoms with Gasteiger partial charge in [0.15, 0.2) is 17.3 Å². The van der Waals surface area contributed by atoms with Crippen LogP contribution in [0, 0.1) is 17.5 Å². The summed E-state index contributed by atoms with van der Waals surface area (Å²) in [6.07, 6.45) is -2.96. The molecular formula is C21H19F5N6O2. The highest BCUT2D eigenvalue weighted by Crippen LogP contribution is 2.38. The molecule has 1 saturated heterocycles. The summed E-state index contributed by atoms with van der Waals surface area (Å²) in [4.78, 5) is 22.4. The number of likely N-dealkylation sites (tertiary alicyclic amines) is 1. The molecule has 5 rings (SSSR count). The SMILES string of the molecule is O=C(c1[nH]nc2ncnc(N[C@@H]3C[C@@H](F)C[C@H]3O)c12)N1C[C@@H](F)C[C@@H]1c1cc(F)cc(F)c1F. The molecule has 2 aliphatic rings. The molecule has 1 aromatic carbocycles. The molecule has 3 N–H and O–H groups in total. The topological polar surface area (TPSA) is 107 Å². The fraction of sp³-hybridized carbons (Fsp3) is 0.429. The van der Waals surface area contributed by atoms with E-state index < -0.39 is 66.0 Å². The second-order valence-corrected chi connectivity index (χ2v) is 8.50. The normalized spacial score (nSPS) is 27.0. The molecule has 3 heterocycles. The van der Waals surface area contributed by atoms with Crippen molar-refractivity contribution in [3.8, 4) is 0 Å². The highest BCUT2D eigenvalue weighted by Gasteiger charge is 2.40. The molecule has 34 heavy (non-hydrogen) atoms. The second-order valence-electron chi connectivity index (χ2n) is 8.50. The summed E-state index contributed by atoms with van der Waals surface area (Å²) in [7, 11) is 0. The van der Waals surface area contributed by atoms with Gasteiger partial charge in [0.25, 0.3) is 5.91 Å². The number of hydrogen-bond acceptors (Lipinski definition) is 6. The first-order valence-electron chi connectivity index (χ1n) is 10.6. The maximum atomic E-state index is 14.4. The highest BCUT2D eigenvalue weighted by atomic mass is 19.2. The molecule has 8 nitrogen and oxygen atoms in total. The Morgan fingerprint density at radius 2 is 1.91 bits per heavy atom. The monoisotopic (exact) mass is 482 g/mol. The molecule has 1 aliphatic carbocycles. The van der Waals surface area contributed by atoms with Gasteiger partial charge < -0.3 is 15.3 Å². The number of rotatable bonds is 4. The predicted octanol–water partition coefficient (Wildman–Crippen LogP) is 2.97. The molecule has 0 spiro atoms. The van der Waals surface area contributed by atoms with E-state index in [4.69, 9.17) is 0 Å². The summed E-state index contributed by atoms with van der Waals surface area (Å²) in [5, 5.41) is 19.6. The van der Waals surface area contributed by atoms with Gasteiger partial charge in [0.05, 0.1) is 30.1 Å². The van der Waals surface area contributed by atoms with Crippen LogP contribution in [-0.2, 0) is 0 Å². The van der Waals surface area contributed by atoms with Crippen molar-refractivity contribution >= 4 is 22.8 Å². The molecular weight excluding hydrogens is 463 g/mol. The van der Waals surface area contributed by atoms with Crippen molar-refractivity contribution in [3.05, 3.63) is 47.2 Å². The van der Waals surface area contributed by atoms with E-state index in [0.717, 1.165) is 17.3 Å². The van der Waals surface area contributed by atoms with Gasteiger partial charge in [0.1, 0.15) is 36.0 Å². The van der Waals surface area contributed by atoms with E-state index in [0.29, 0.717) is 6.07 Å². The van der Waals surface area contributed by atoms with Crippen LogP contribution in [0.15, 0.2) is 18.5 Å². The lowest BCUT2D eigenvalue weighted by Gasteiger charge is -2.25. The molecule has 5 atom stereocenters. The van der Waals surface area contributed by atoms with Gasteiger partial charge in [0.2, 0.25) is 0 Å². The number of alkyl halides is 2. The first-order chi connectivity index (χ1) is 16.2. The van der Waals surface area contributed by atoms with Gasteiger partial charge in [-0.25, -0.2) is 31.9 Å². The summed E-state index contributed by atoms with van der Waals surface area (Å²) < 4.78 is 70.1. The standard InChI is InChI=1S/C21H19F5N6O2/c22-8-1-11(17(26)12(25)2-8)14-4-10(24)6-32(14)21(34)18-16-19(27-7-28-20(16)31-30-18)29-13-3-9(23)5-15(13)33/h1-2,7,9-10,13-15,33H,3-6H2,(H2,27,28,29,30,31)/t9-,10+,13-,14-,15-/m1/s1. The van der Waals surface area contributed by atoms with Gasteiger partial charge in [-0.2, -0.15) is 5.10 Å². The van der Waals surface area contributed by atoms with Gasteiger partial charge in [-0.3, -0.25) is 9.89 Å². The number of aliphatic hydroxyl groups excluding tert-OH is 1. The number of carbonyl (C=O) groups is 1. The number of halogens is 5. The average Bonchev–Trinajstić information content (AvgIpc) is 3.47. The van der Waals surface area contributed by atoms with Crippen LogP contribution in [0.3, 0.4) is 0 Å². The Hall–Kier alpha value is -3.35. The lowest BCUT2D eigenvalue weighted by molar-refractivity contribution is 0.0721. The maximum Gasteiger partial charge on any atom is 0.273 e. The molecule has 3 aromatic rings. The minimum absolute atomic E-state index is 0.0237. The molecule has 1 saturated carbocycles. The van der Waals surface area contributed by atoms with Crippen LogP contribution in [0.1, 0.15) is 41.4 Å². The number of nitrogens with zero attached hydrogens (tertiary/aromatic N) is 4. The second kappa shape index (κ2) is 8.46. The molecule has 0 radical (unpaired) electrons. The number of carbonyl (C=O) groups excluding carboxylic acids is 1. The molecule has 13 heteroatoms. The molecule has 2 aromatic heterocycles. The fourth-order valence-corrected chi connectivity index (χ4v) is 4.67. The van der Waals surface area contributed by atoms with E-state index in [9.17, 15) is 31.9 Å². The van der Waals surface area contributed by atoms with Crippen molar-refractivity contribution < 1.29 is 31.9 Å². The number of aromatic amines is 1. The number of hydrogen-bond donors (Lipinski definition) is 3. The molecule has 2 fully saturated rings. The number of amides is 1. The number of aromatic nitrogens is 4. The number of anilines is 1. The number of aliphatic hydroxyl groups is 1. The van der Waals surface area contributed by atoms with Crippen LogP contribution >= 0.6 is 0 Å².